The molecule has 1 aliphatic rings. The number of hydrogen-bond donors (Lipinski definition) is 0. The van der Waals surface area contributed by atoms with Crippen molar-refractivity contribution in [3.05, 3.63) is 58.7 Å². The normalized spacial score (nSPS) is 12.5. The van der Waals surface area contributed by atoms with Gasteiger partial charge in [-0.2, -0.15) is 0 Å². The number of thioether (sulfide) groups is 2. The van der Waals surface area contributed by atoms with Crippen molar-refractivity contribution in [1.29, 1.82) is 0 Å². The molecule has 0 atom stereocenters. The largest absolute Gasteiger partial charge is 0.289 e. The molecule has 0 saturated carbocycles. The molecule has 3 rings (SSSR count). The Kier molecular flexibility index (Phi) is 17.7. The molecule has 0 unspecified atom stereocenters. The number of carbonyl (C=O) groups is 2. The van der Waals surface area contributed by atoms with E-state index < -0.39 is 0 Å². The monoisotopic (exact) mass is 608 g/mol. The highest BCUT2D eigenvalue weighted by molar-refractivity contribution is 7.99. The van der Waals surface area contributed by atoms with Crippen LogP contribution < -0.4 is 0 Å². The van der Waals surface area contributed by atoms with Gasteiger partial charge in [0.1, 0.15) is 0 Å². The molecular weight excluding hydrogens is 553 g/mol. The molecule has 232 valence electrons. The lowest BCUT2D eigenvalue weighted by molar-refractivity contribution is 0.0974. The summed E-state index contributed by atoms with van der Waals surface area (Å²) in [6, 6.07) is 11.7. The molecule has 1 aliphatic carbocycles. The molecule has 0 saturated heterocycles. The Hall–Kier alpha value is -1.52. The van der Waals surface area contributed by atoms with Gasteiger partial charge in [-0.15, -0.1) is 23.5 Å². The average molecular weight is 609 g/mol. The summed E-state index contributed by atoms with van der Waals surface area (Å²) in [6.07, 6.45) is 26.5. The van der Waals surface area contributed by atoms with Crippen LogP contribution in [0.25, 0.3) is 0 Å². The fourth-order valence-electron chi connectivity index (χ4n) is 5.96. The van der Waals surface area contributed by atoms with Gasteiger partial charge in [0.15, 0.2) is 11.6 Å². The van der Waals surface area contributed by atoms with Crippen LogP contribution in [-0.4, -0.2) is 23.1 Å². The van der Waals surface area contributed by atoms with Gasteiger partial charge in [0.25, 0.3) is 0 Å². The van der Waals surface area contributed by atoms with E-state index in [1.807, 2.05) is 36.4 Å². The molecule has 0 bridgehead atoms. The van der Waals surface area contributed by atoms with Crippen molar-refractivity contribution < 1.29 is 9.59 Å². The Morgan fingerprint density at radius 2 is 0.738 bits per heavy atom. The van der Waals surface area contributed by atoms with Crippen LogP contribution in [0.1, 0.15) is 174 Å². The Morgan fingerprint density at radius 3 is 1.07 bits per heavy atom. The molecule has 0 aromatic heterocycles. The van der Waals surface area contributed by atoms with Gasteiger partial charge in [-0.25, -0.2) is 0 Å². The second-order valence-electron chi connectivity index (χ2n) is 12.1. The molecular formula is C38H56O2S2. The maximum Gasteiger partial charge on any atom is 0.195 e. The van der Waals surface area contributed by atoms with Crippen LogP contribution in [0.15, 0.2) is 46.2 Å². The zero-order chi connectivity index (χ0) is 29.8. The lowest BCUT2D eigenvalue weighted by Gasteiger charge is -2.22. The first-order chi connectivity index (χ1) is 20.7. The molecule has 0 spiro atoms. The Labute approximate surface area is 266 Å². The molecule has 2 aromatic rings. The van der Waals surface area contributed by atoms with Gasteiger partial charge in [-0.1, -0.05) is 154 Å². The predicted octanol–water partition coefficient (Wildman–Crippen LogP) is 12.5. The minimum atomic E-state index is 0.0205. The van der Waals surface area contributed by atoms with Crippen LogP contribution in [0, 0.1) is 0 Å². The Balaban J connectivity index is 1.44. The number of rotatable bonds is 24. The standard InChI is InChI=1S/C38H56O2S2/c1-3-5-7-9-11-13-15-17-19-21-29-41-33-27-23-25-31-35(33)37(39)32-26-24-28-34(36(32)38(31)40)42-30-22-20-18-16-14-12-10-8-6-4-2/h23-28H,3-22,29-30H2,1-2H3. The third-order valence-corrected chi connectivity index (χ3v) is 10.8. The van der Waals surface area contributed by atoms with Gasteiger partial charge in [-0.05, 0) is 36.5 Å². The maximum atomic E-state index is 13.7. The second-order valence-corrected chi connectivity index (χ2v) is 14.4. The van der Waals surface area contributed by atoms with Crippen LogP contribution in [-0.2, 0) is 0 Å². The number of ketones is 2. The first-order valence-electron chi connectivity index (χ1n) is 17.3. The second kappa shape index (κ2) is 21.2. The highest BCUT2D eigenvalue weighted by Gasteiger charge is 2.33. The predicted molar refractivity (Wildman–Crippen MR) is 185 cm³/mol. The first kappa shape index (κ1) is 35.0. The van der Waals surface area contributed by atoms with Crippen molar-refractivity contribution in [3.63, 3.8) is 0 Å². The number of fused-ring (bicyclic) bond motifs is 2. The summed E-state index contributed by atoms with van der Waals surface area (Å²) in [4.78, 5) is 29.4. The van der Waals surface area contributed by atoms with Crippen molar-refractivity contribution in [3.8, 4) is 0 Å². The van der Waals surface area contributed by atoms with Gasteiger partial charge in [0.05, 0.1) is 0 Å². The SMILES string of the molecule is CCCCCCCCCCCCSc1cccc2c1C(=O)c1cccc(SCCCCCCCCCCCC)c1C2=O. The molecule has 0 heterocycles. The van der Waals surface area contributed by atoms with Gasteiger partial charge in [0.2, 0.25) is 0 Å². The third kappa shape index (κ3) is 11.5. The Morgan fingerprint density at radius 1 is 0.429 bits per heavy atom. The van der Waals surface area contributed by atoms with E-state index in [4.69, 9.17) is 0 Å². The minimum Gasteiger partial charge on any atom is -0.289 e. The zero-order valence-corrected chi connectivity index (χ0v) is 28.3. The summed E-state index contributed by atoms with van der Waals surface area (Å²) in [5, 5.41) is 0. The maximum absolute atomic E-state index is 13.7. The lowest BCUT2D eigenvalue weighted by Crippen LogP contribution is -2.22. The number of hydrogen-bond acceptors (Lipinski definition) is 4. The quantitative estimate of drug-likeness (QED) is 0.0748. The van der Waals surface area contributed by atoms with E-state index in [1.54, 1.807) is 23.5 Å². The lowest BCUT2D eigenvalue weighted by atomic mass is 9.84. The number of benzene rings is 2. The average Bonchev–Trinajstić information content (AvgIpc) is 3.01. The van der Waals surface area contributed by atoms with Crippen molar-refractivity contribution in [2.45, 2.75) is 152 Å². The van der Waals surface area contributed by atoms with Gasteiger partial charge in [-0.3, -0.25) is 9.59 Å². The van der Waals surface area contributed by atoms with Gasteiger partial charge >= 0.3 is 0 Å². The highest BCUT2D eigenvalue weighted by atomic mass is 32.2. The first-order valence-corrected chi connectivity index (χ1v) is 19.3. The van der Waals surface area contributed by atoms with Crippen LogP contribution in [0.2, 0.25) is 0 Å². The molecule has 2 nitrogen and oxygen atoms in total. The third-order valence-electron chi connectivity index (χ3n) is 8.51. The van der Waals surface area contributed by atoms with Crippen LogP contribution in [0.4, 0.5) is 0 Å². The molecule has 4 heteroatoms. The van der Waals surface area contributed by atoms with Crippen molar-refractivity contribution in [2.75, 3.05) is 11.5 Å². The topological polar surface area (TPSA) is 34.1 Å². The van der Waals surface area contributed by atoms with Gasteiger partial charge < -0.3 is 0 Å². The van der Waals surface area contributed by atoms with E-state index in [0.29, 0.717) is 22.3 Å². The van der Waals surface area contributed by atoms with E-state index in [0.717, 1.165) is 34.1 Å². The number of unbranched alkanes of at least 4 members (excludes halogenated alkanes) is 18. The minimum absolute atomic E-state index is 0.0205. The molecule has 0 fully saturated rings. The molecule has 0 amide bonds. The van der Waals surface area contributed by atoms with E-state index in [9.17, 15) is 9.59 Å². The molecule has 0 N–H and O–H groups in total. The summed E-state index contributed by atoms with van der Waals surface area (Å²) in [5.74, 6) is 2.03. The Bertz CT molecular complexity index is 991. The van der Waals surface area contributed by atoms with Crippen LogP contribution >= 0.6 is 23.5 Å². The number of carbonyl (C=O) groups excluding carboxylic acids is 2. The van der Waals surface area contributed by atoms with Crippen molar-refractivity contribution in [2.24, 2.45) is 0 Å². The van der Waals surface area contributed by atoms with Gasteiger partial charge in [0, 0.05) is 32.0 Å². The van der Waals surface area contributed by atoms with E-state index >= 15 is 0 Å². The van der Waals surface area contributed by atoms with E-state index in [2.05, 4.69) is 13.8 Å². The fourth-order valence-corrected chi connectivity index (χ4v) is 8.14. The summed E-state index contributed by atoms with van der Waals surface area (Å²) < 4.78 is 0. The molecule has 42 heavy (non-hydrogen) atoms. The van der Waals surface area contributed by atoms with Crippen LogP contribution in [0.5, 0.6) is 0 Å². The molecule has 2 aromatic carbocycles. The van der Waals surface area contributed by atoms with E-state index in [1.165, 1.54) is 116 Å². The van der Waals surface area contributed by atoms with E-state index in [-0.39, 0.29) is 11.6 Å². The summed E-state index contributed by atoms with van der Waals surface area (Å²) in [7, 11) is 0. The molecule has 0 radical (unpaired) electrons. The van der Waals surface area contributed by atoms with Crippen molar-refractivity contribution in [1.82, 2.24) is 0 Å². The zero-order valence-electron chi connectivity index (χ0n) is 26.7. The summed E-state index contributed by atoms with van der Waals surface area (Å²) in [6.45, 7) is 4.54. The fraction of sp³-hybridized carbons (Fsp3) is 0.632. The summed E-state index contributed by atoms with van der Waals surface area (Å²) in [5.41, 5.74) is 2.44. The summed E-state index contributed by atoms with van der Waals surface area (Å²) >= 11 is 3.50. The van der Waals surface area contributed by atoms with Crippen molar-refractivity contribution >= 4 is 35.1 Å². The van der Waals surface area contributed by atoms with Crippen LogP contribution in [0.3, 0.4) is 0 Å². The smallest absolute Gasteiger partial charge is 0.195 e. The molecule has 0 aliphatic heterocycles. The highest BCUT2D eigenvalue weighted by Crippen LogP contribution is 2.38.